The van der Waals surface area contributed by atoms with E-state index in [1.807, 2.05) is 30.3 Å². The van der Waals surface area contributed by atoms with E-state index in [9.17, 15) is 9.59 Å². The molecule has 0 radical (unpaired) electrons. The first-order chi connectivity index (χ1) is 9.58. The normalized spacial score (nSPS) is 11.3. The Labute approximate surface area is 119 Å². The van der Waals surface area contributed by atoms with Crippen molar-refractivity contribution in [3.05, 3.63) is 60.1 Å². The lowest BCUT2D eigenvalue weighted by Gasteiger charge is -2.01. The second-order valence-electron chi connectivity index (χ2n) is 3.83. The molecule has 6 heteroatoms. The van der Waals surface area contributed by atoms with Gasteiger partial charge in [-0.25, -0.2) is 4.79 Å². The van der Waals surface area contributed by atoms with E-state index in [4.69, 9.17) is 10.2 Å². The molecule has 0 aliphatic carbocycles. The van der Waals surface area contributed by atoms with Gasteiger partial charge in [0.05, 0.1) is 0 Å². The number of carbonyl (C=O) groups is 2. The molecule has 2 aromatic rings. The number of H-pyrrole nitrogens is 1. The van der Waals surface area contributed by atoms with Crippen LogP contribution in [0.5, 0.6) is 0 Å². The lowest BCUT2D eigenvalue weighted by atomic mass is 10.2. The summed E-state index contributed by atoms with van der Waals surface area (Å²) in [6.45, 7) is 0. The summed E-state index contributed by atoms with van der Waals surface area (Å²) < 4.78 is 0. The van der Waals surface area contributed by atoms with Gasteiger partial charge in [0, 0.05) is 22.1 Å². The van der Waals surface area contributed by atoms with Gasteiger partial charge in [0.15, 0.2) is 0 Å². The van der Waals surface area contributed by atoms with Crippen LogP contribution in [0.2, 0.25) is 0 Å². The Morgan fingerprint density at radius 2 is 1.80 bits per heavy atom. The molecule has 1 aromatic carbocycles. The molecule has 0 bridgehead atoms. The largest absolute Gasteiger partial charge is 0.502 e. The Hall–Kier alpha value is -2.47. The number of carboxylic acid groups (broad SMARTS) is 1. The molecular formula is C14H11NO4S. The average molecular weight is 289 g/mol. The Kier molecular flexibility index (Phi) is 4.27. The molecule has 5 nitrogen and oxygen atoms in total. The van der Waals surface area contributed by atoms with Crippen molar-refractivity contribution in [2.45, 2.75) is 9.79 Å². The minimum absolute atomic E-state index is 0.242. The van der Waals surface area contributed by atoms with Crippen molar-refractivity contribution in [3.8, 4) is 0 Å². The van der Waals surface area contributed by atoms with Gasteiger partial charge in [-0.05, 0) is 18.2 Å². The quantitative estimate of drug-likeness (QED) is 0.447. The number of ketones is 1. The number of aliphatic hydroxyl groups is 1. The highest BCUT2D eigenvalue weighted by Gasteiger charge is 2.15. The molecule has 0 spiro atoms. The number of carboxylic acids is 1. The van der Waals surface area contributed by atoms with Crippen LogP contribution < -0.4 is 0 Å². The summed E-state index contributed by atoms with van der Waals surface area (Å²) in [5, 5.41) is 17.6. The summed E-state index contributed by atoms with van der Waals surface area (Å²) in [5.74, 6) is -3.12. The first-order valence-corrected chi connectivity index (χ1v) is 6.48. The Bertz CT molecular complexity index is 661. The van der Waals surface area contributed by atoms with E-state index in [2.05, 4.69) is 4.98 Å². The molecular weight excluding hydrogens is 278 g/mol. The molecule has 1 aromatic heterocycles. The molecule has 0 saturated carbocycles. The van der Waals surface area contributed by atoms with Crippen LogP contribution in [0.1, 0.15) is 10.5 Å². The molecule has 0 amide bonds. The third-order valence-corrected chi connectivity index (χ3v) is 3.48. The molecule has 1 heterocycles. The number of nitrogens with one attached hydrogen (secondary N) is 1. The van der Waals surface area contributed by atoms with Crippen molar-refractivity contribution >= 4 is 23.5 Å². The van der Waals surface area contributed by atoms with E-state index < -0.39 is 17.5 Å². The predicted molar refractivity (Wildman–Crippen MR) is 74.0 cm³/mol. The molecule has 0 unspecified atom stereocenters. The Balaban J connectivity index is 2.23. The molecule has 0 saturated heterocycles. The van der Waals surface area contributed by atoms with Crippen molar-refractivity contribution in [3.63, 3.8) is 0 Å². The van der Waals surface area contributed by atoms with Gasteiger partial charge in [0.2, 0.25) is 11.5 Å². The first-order valence-electron chi connectivity index (χ1n) is 5.66. The molecule has 3 N–H and O–H groups in total. The van der Waals surface area contributed by atoms with E-state index >= 15 is 0 Å². The van der Waals surface area contributed by atoms with Crippen LogP contribution in [0.3, 0.4) is 0 Å². The zero-order valence-corrected chi connectivity index (χ0v) is 11.1. The first kappa shape index (κ1) is 14.0. The van der Waals surface area contributed by atoms with Gasteiger partial charge in [-0.3, -0.25) is 4.79 Å². The minimum atomic E-state index is -1.54. The Morgan fingerprint density at radius 3 is 2.45 bits per heavy atom. The van der Waals surface area contributed by atoms with Crippen LogP contribution in [0.4, 0.5) is 0 Å². The van der Waals surface area contributed by atoms with Gasteiger partial charge in [0.25, 0.3) is 0 Å². The van der Waals surface area contributed by atoms with Crippen molar-refractivity contribution in [1.29, 1.82) is 0 Å². The molecule has 0 aliphatic rings. The molecule has 2 rings (SSSR count). The highest BCUT2D eigenvalue weighted by Crippen LogP contribution is 2.30. The van der Waals surface area contributed by atoms with Gasteiger partial charge < -0.3 is 15.2 Å². The predicted octanol–water partition coefficient (Wildman–Crippen LogP) is 2.88. The molecule has 0 fully saturated rings. The maximum Gasteiger partial charge on any atom is 0.371 e. The lowest BCUT2D eigenvalue weighted by molar-refractivity contribution is -0.135. The molecule has 20 heavy (non-hydrogen) atoms. The fourth-order valence-electron chi connectivity index (χ4n) is 1.51. The fourth-order valence-corrected chi connectivity index (χ4v) is 2.45. The van der Waals surface area contributed by atoms with E-state index in [1.165, 1.54) is 11.8 Å². The number of allylic oxidation sites excluding steroid dienone is 1. The highest BCUT2D eigenvalue weighted by molar-refractivity contribution is 7.99. The number of hydrogen-bond acceptors (Lipinski definition) is 4. The van der Waals surface area contributed by atoms with Crippen molar-refractivity contribution in [1.82, 2.24) is 4.98 Å². The number of hydrogen-bond donors (Lipinski definition) is 3. The van der Waals surface area contributed by atoms with Crippen molar-refractivity contribution < 1.29 is 19.8 Å². The summed E-state index contributed by atoms with van der Waals surface area (Å²) in [6.07, 6.45) is 2.27. The Morgan fingerprint density at radius 1 is 1.10 bits per heavy atom. The van der Waals surface area contributed by atoms with Gasteiger partial charge in [-0.15, -0.1) is 0 Å². The zero-order valence-electron chi connectivity index (χ0n) is 10.2. The van der Waals surface area contributed by atoms with Crippen molar-refractivity contribution in [2.75, 3.05) is 0 Å². The van der Waals surface area contributed by atoms with Crippen LogP contribution in [-0.4, -0.2) is 26.9 Å². The molecule has 102 valence electrons. The van der Waals surface area contributed by atoms with Gasteiger partial charge in [0.1, 0.15) is 5.69 Å². The lowest BCUT2D eigenvalue weighted by Crippen LogP contribution is -2.04. The molecule has 0 atom stereocenters. The van der Waals surface area contributed by atoms with E-state index in [0.29, 0.717) is 11.0 Å². The molecule has 0 aliphatic heterocycles. The summed E-state index contributed by atoms with van der Waals surface area (Å²) >= 11 is 1.37. The average Bonchev–Trinajstić information content (AvgIpc) is 2.88. The smallest absolute Gasteiger partial charge is 0.371 e. The SMILES string of the molecule is O=C(O)/C(O)=C/C(=O)c1[nH]ccc1Sc1ccccc1. The van der Waals surface area contributed by atoms with Crippen LogP contribution >= 0.6 is 11.8 Å². The van der Waals surface area contributed by atoms with E-state index in [0.717, 1.165) is 4.90 Å². The van der Waals surface area contributed by atoms with Gasteiger partial charge in [-0.2, -0.15) is 0 Å². The van der Waals surface area contributed by atoms with Crippen LogP contribution in [0.15, 0.2) is 64.2 Å². The van der Waals surface area contributed by atoms with E-state index in [-0.39, 0.29) is 5.69 Å². The number of aliphatic hydroxyl groups excluding tert-OH is 1. The summed E-state index contributed by atoms with van der Waals surface area (Å²) in [4.78, 5) is 26.7. The van der Waals surface area contributed by atoms with Gasteiger partial charge >= 0.3 is 5.97 Å². The summed E-state index contributed by atoms with van der Waals surface area (Å²) in [7, 11) is 0. The maximum atomic E-state index is 11.9. The summed E-state index contributed by atoms with van der Waals surface area (Å²) in [6, 6.07) is 11.2. The van der Waals surface area contributed by atoms with Crippen LogP contribution in [-0.2, 0) is 4.79 Å². The second kappa shape index (κ2) is 6.12. The van der Waals surface area contributed by atoms with Gasteiger partial charge in [-0.1, -0.05) is 30.0 Å². The third kappa shape index (κ3) is 3.30. The number of aromatic nitrogens is 1. The van der Waals surface area contributed by atoms with Crippen LogP contribution in [0.25, 0.3) is 0 Å². The second-order valence-corrected chi connectivity index (χ2v) is 4.95. The monoisotopic (exact) mass is 289 g/mol. The van der Waals surface area contributed by atoms with Crippen molar-refractivity contribution in [2.24, 2.45) is 0 Å². The number of benzene rings is 1. The fraction of sp³-hybridized carbons (Fsp3) is 0. The highest BCUT2D eigenvalue weighted by atomic mass is 32.2. The topological polar surface area (TPSA) is 90.4 Å². The minimum Gasteiger partial charge on any atom is -0.502 e. The number of carbonyl (C=O) groups excluding carboxylic acids is 1. The van der Waals surface area contributed by atoms with Crippen LogP contribution in [0, 0.1) is 0 Å². The zero-order chi connectivity index (χ0) is 14.5. The number of aromatic amines is 1. The number of aliphatic carboxylic acids is 1. The number of rotatable bonds is 5. The standard InChI is InChI=1S/C14H11NO4S/c16-10(8-11(17)14(18)19)13-12(6-7-15-13)20-9-4-2-1-3-5-9/h1-8,15,17H,(H,18,19)/b11-8-. The maximum absolute atomic E-state index is 11.9. The van der Waals surface area contributed by atoms with E-state index in [1.54, 1.807) is 12.3 Å². The third-order valence-electron chi connectivity index (χ3n) is 2.41. The summed E-state index contributed by atoms with van der Waals surface area (Å²) in [5.41, 5.74) is 0.242.